The van der Waals surface area contributed by atoms with Crippen LogP contribution in [-0.2, 0) is 4.79 Å². The van der Waals surface area contributed by atoms with E-state index in [1.165, 1.54) is 31.4 Å². The van der Waals surface area contributed by atoms with Gasteiger partial charge in [-0.05, 0) is 36.6 Å². The molecular formula is C27H29FN6O. The second kappa shape index (κ2) is 9.66. The Kier molecular flexibility index (Phi) is 6.27. The number of nitrogens with one attached hydrogen (secondary N) is 2. The molecule has 2 aromatic carbocycles. The number of aromatic nitrogens is 1. The Hall–Kier alpha value is -4.07. The predicted octanol–water partition coefficient (Wildman–Crippen LogP) is 4.40. The summed E-state index contributed by atoms with van der Waals surface area (Å²) < 4.78 is 13.3. The number of H-pyrrole nitrogens is 1. The molecule has 3 aromatic rings. The van der Waals surface area contributed by atoms with E-state index in [1.54, 1.807) is 18.3 Å². The smallest absolute Gasteiger partial charge is 0.220 e. The van der Waals surface area contributed by atoms with Crippen LogP contribution in [-0.4, -0.2) is 28.3 Å². The second-order valence-corrected chi connectivity index (χ2v) is 9.04. The Labute approximate surface area is 203 Å². The topological polar surface area (TPSA) is 113 Å². The van der Waals surface area contributed by atoms with Crippen molar-refractivity contribution in [3.63, 3.8) is 0 Å². The average molecular weight is 473 g/mol. The van der Waals surface area contributed by atoms with Crippen molar-refractivity contribution in [2.45, 2.75) is 32.1 Å². The maximum atomic E-state index is 13.3. The SMILES string of the molecule is NC(=O)C1CCCCC1.NC1=NC=CN2CNC(c3cc4cccc(-c5ccc(F)cc5)c4[nH]3)=C12. The van der Waals surface area contributed by atoms with E-state index in [2.05, 4.69) is 27.4 Å². The highest BCUT2D eigenvalue weighted by Crippen LogP contribution is 2.33. The fourth-order valence-corrected chi connectivity index (χ4v) is 4.90. The molecule has 0 unspecified atom stereocenters. The molecule has 3 aliphatic rings. The first-order valence-corrected chi connectivity index (χ1v) is 11.9. The van der Waals surface area contributed by atoms with Crippen LogP contribution in [0.1, 0.15) is 37.8 Å². The molecule has 3 heterocycles. The van der Waals surface area contributed by atoms with Gasteiger partial charge in [0.15, 0.2) is 0 Å². The molecule has 0 atom stereocenters. The predicted molar refractivity (Wildman–Crippen MR) is 137 cm³/mol. The van der Waals surface area contributed by atoms with E-state index in [9.17, 15) is 9.18 Å². The van der Waals surface area contributed by atoms with Crippen LogP contribution in [0.4, 0.5) is 4.39 Å². The lowest BCUT2D eigenvalue weighted by molar-refractivity contribution is -0.122. The number of carbonyl (C=O) groups excluding carboxylic acids is 1. The van der Waals surface area contributed by atoms with Crippen LogP contribution in [0.25, 0.3) is 27.7 Å². The zero-order valence-electron chi connectivity index (χ0n) is 19.4. The summed E-state index contributed by atoms with van der Waals surface area (Å²) in [4.78, 5) is 20.3. The van der Waals surface area contributed by atoms with E-state index in [-0.39, 0.29) is 17.6 Å². The first-order chi connectivity index (χ1) is 17.0. The molecule has 0 spiro atoms. The minimum absolute atomic E-state index is 0.102. The number of nitrogens with two attached hydrogens (primary N) is 2. The molecule has 7 nitrogen and oxygen atoms in total. The third-order valence-corrected chi connectivity index (χ3v) is 6.74. The molecule has 0 radical (unpaired) electrons. The quantitative estimate of drug-likeness (QED) is 0.453. The van der Waals surface area contributed by atoms with E-state index in [0.29, 0.717) is 12.5 Å². The van der Waals surface area contributed by atoms with E-state index in [4.69, 9.17) is 11.5 Å². The third kappa shape index (κ3) is 4.64. The molecule has 6 N–H and O–H groups in total. The van der Waals surface area contributed by atoms with Gasteiger partial charge >= 0.3 is 0 Å². The standard InChI is InChI=1S/C20H16FN5.C7H13NO/c21-14-6-4-12(5-7-14)15-3-1-2-13-10-16(25-17(13)15)18-19-20(22)23-8-9-26(19)11-24-18;8-7(9)6-4-2-1-3-5-6/h1-10,24-25H,11H2,(H2,22,23);6H,1-5H2,(H2,8,9). The van der Waals surface area contributed by atoms with Crippen molar-refractivity contribution in [3.8, 4) is 11.1 Å². The minimum Gasteiger partial charge on any atom is -0.382 e. The molecular weight excluding hydrogens is 443 g/mol. The average Bonchev–Trinajstić information content (AvgIpc) is 3.50. The van der Waals surface area contributed by atoms with Gasteiger partial charge in [-0.15, -0.1) is 0 Å². The van der Waals surface area contributed by atoms with Gasteiger partial charge in [0.2, 0.25) is 5.91 Å². The second-order valence-electron chi connectivity index (χ2n) is 9.04. The Balaban J connectivity index is 0.000000239. The Bertz CT molecular complexity index is 1330. The van der Waals surface area contributed by atoms with Gasteiger partial charge in [-0.25, -0.2) is 9.38 Å². The van der Waals surface area contributed by atoms with Crippen molar-refractivity contribution in [1.29, 1.82) is 0 Å². The zero-order valence-corrected chi connectivity index (χ0v) is 19.4. The summed E-state index contributed by atoms with van der Waals surface area (Å²) in [5.41, 5.74) is 17.0. The van der Waals surface area contributed by atoms with Gasteiger partial charge in [-0.3, -0.25) is 4.79 Å². The lowest BCUT2D eigenvalue weighted by atomic mass is 9.89. The van der Waals surface area contributed by atoms with Gasteiger partial charge in [-0.2, -0.15) is 0 Å². The molecule has 1 fully saturated rings. The summed E-state index contributed by atoms with van der Waals surface area (Å²) in [6, 6.07) is 14.7. The zero-order chi connectivity index (χ0) is 24.4. The molecule has 0 saturated heterocycles. The number of rotatable bonds is 3. The molecule has 1 saturated carbocycles. The third-order valence-electron chi connectivity index (χ3n) is 6.74. The highest BCUT2D eigenvalue weighted by molar-refractivity contribution is 6.06. The maximum absolute atomic E-state index is 13.3. The number of aromatic amines is 1. The first kappa shape index (κ1) is 22.7. The minimum atomic E-state index is -0.240. The van der Waals surface area contributed by atoms with Gasteiger partial charge in [0, 0.05) is 29.3 Å². The summed E-state index contributed by atoms with van der Waals surface area (Å²) in [5, 5.41) is 4.47. The maximum Gasteiger partial charge on any atom is 0.220 e. The number of primary amides is 1. The van der Waals surface area contributed by atoms with Crippen molar-refractivity contribution < 1.29 is 9.18 Å². The Morgan fingerprint density at radius 3 is 2.57 bits per heavy atom. The van der Waals surface area contributed by atoms with Gasteiger partial charge in [0.25, 0.3) is 0 Å². The van der Waals surface area contributed by atoms with Crippen molar-refractivity contribution >= 4 is 28.3 Å². The van der Waals surface area contributed by atoms with Gasteiger partial charge in [-0.1, -0.05) is 49.6 Å². The van der Waals surface area contributed by atoms with Crippen LogP contribution in [0.2, 0.25) is 0 Å². The molecule has 180 valence electrons. The Morgan fingerprint density at radius 1 is 1.09 bits per heavy atom. The monoisotopic (exact) mass is 472 g/mol. The van der Waals surface area contributed by atoms with Crippen molar-refractivity contribution in [2.75, 3.05) is 6.67 Å². The van der Waals surface area contributed by atoms with E-state index in [1.807, 2.05) is 23.2 Å². The molecule has 8 heteroatoms. The number of halogens is 1. The van der Waals surface area contributed by atoms with E-state index < -0.39 is 0 Å². The fourth-order valence-electron chi connectivity index (χ4n) is 4.90. The number of amides is 1. The van der Waals surface area contributed by atoms with Crippen molar-refractivity contribution in [3.05, 3.63) is 78.1 Å². The van der Waals surface area contributed by atoms with E-state index >= 15 is 0 Å². The summed E-state index contributed by atoms with van der Waals surface area (Å²) >= 11 is 0. The molecule has 0 bridgehead atoms. The highest BCUT2D eigenvalue weighted by atomic mass is 19.1. The lowest BCUT2D eigenvalue weighted by Gasteiger charge is -2.18. The molecule has 1 aromatic heterocycles. The molecule has 1 amide bonds. The number of hydrogen-bond acceptors (Lipinski definition) is 5. The van der Waals surface area contributed by atoms with Crippen LogP contribution in [0.5, 0.6) is 0 Å². The Morgan fingerprint density at radius 2 is 1.86 bits per heavy atom. The number of hydrogen-bond donors (Lipinski definition) is 4. The van der Waals surface area contributed by atoms with E-state index in [0.717, 1.165) is 52.0 Å². The van der Waals surface area contributed by atoms with Crippen molar-refractivity contribution in [1.82, 2.24) is 15.2 Å². The number of carbonyl (C=O) groups is 1. The number of nitrogens with zero attached hydrogens (tertiary/aromatic N) is 2. The van der Waals surface area contributed by atoms with Gasteiger partial charge in [0.05, 0.1) is 23.6 Å². The summed E-state index contributed by atoms with van der Waals surface area (Å²) in [7, 11) is 0. The number of benzene rings is 2. The largest absolute Gasteiger partial charge is 0.382 e. The number of para-hydroxylation sites is 1. The number of aliphatic imine (C=N–C) groups is 1. The number of amidine groups is 1. The molecule has 6 rings (SSSR count). The first-order valence-electron chi connectivity index (χ1n) is 11.9. The molecule has 1 aliphatic carbocycles. The normalized spacial score (nSPS) is 17.5. The molecule has 2 aliphatic heterocycles. The van der Waals surface area contributed by atoms with Crippen LogP contribution in [0.15, 0.2) is 71.6 Å². The summed E-state index contributed by atoms with van der Waals surface area (Å²) in [6.07, 6.45) is 9.30. The molecule has 35 heavy (non-hydrogen) atoms. The highest BCUT2D eigenvalue weighted by Gasteiger charge is 2.27. The van der Waals surface area contributed by atoms with Crippen LogP contribution in [0.3, 0.4) is 0 Å². The van der Waals surface area contributed by atoms with Gasteiger partial charge < -0.3 is 26.7 Å². The van der Waals surface area contributed by atoms with Gasteiger partial charge in [0.1, 0.15) is 17.3 Å². The summed E-state index contributed by atoms with van der Waals surface area (Å²) in [5.74, 6) is 0.341. The van der Waals surface area contributed by atoms with Crippen LogP contribution in [0, 0.1) is 11.7 Å². The van der Waals surface area contributed by atoms with Crippen molar-refractivity contribution in [2.24, 2.45) is 22.4 Å². The van der Waals surface area contributed by atoms with Crippen LogP contribution < -0.4 is 16.8 Å². The van der Waals surface area contributed by atoms with Crippen LogP contribution >= 0.6 is 0 Å². The lowest BCUT2D eigenvalue weighted by Crippen LogP contribution is -2.28. The number of fused-ring (bicyclic) bond motifs is 2. The summed E-state index contributed by atoms with van der Waals surface area (Å²) in [6.45, 7) is 0.650. The fraction of sp³-hybridized carbons (Fsp3) is 0.259.